The molecule has 1 heterocycles. The number of aliphatic hydroxyl groups excluding tert-OH is 4. The molecule has 1 aliphatic heterocycles. The summed E-state index contributed by atoms with van der Waals surface area (Å²) in [6, 6.07) is 0. The SMILES string of the molecule is CC/C=C/C=C/C=C/C=C/C=C/CCCC(=O)OC(COC(=O)CCCCCCCC/C=C/C/C=C/C/C=C/CC)CO[C@H]1O[C@@H](CO)[C@@H](O)C(O)C1O. The van der Waals surface area contributed by atoms with Gasteiger partial charge in [-0.2, -0.15) is 0 Å². The third kappa shape index (κ3) is 25.6. The van der Waals surface area contributed by atoms with E-state index in [1.54, 1.807) is 0 Å². The van der Waals surface area contributed by atoms with Crippen molar-refractivity contribution in [3.8, 4) is 0 Å². The molecule has 0 amide bonds. The van der Waals surface area contributed by atoms with Crippen molar-refractivity contribution in [1.29, 1.82) is 0 Å². The number of carbonyl (C=O) groups is 2. The molecule has 1 fully saturated rings. The minimum atomic E-state index is -1.61. The molecule has 0 radical (unpaired) electrons. The second-order valence-electron chi connectivity index (χ2n) is 13.1. The first kappa shape index (κ1) is 48.6. The van der Waals surface area contributed by atoms with Gasteiger partial charge in [0.1, 0.15) is 31.0 Å². The molecule has 0 bridgehead atoms. The van der Waals surface area contributed by atoms with Crippen LogP contribution in [0.3, 0.4) is 0 Å². The predicted molar refractivity (Wildman–Crippen MR) is 214 cm³/mol. The van der Waals surface area contributed by atoms with Gasteiger partial charge in [0.15, 0.2) is 12.4 Å². The molecule has 1 rings (SSSR count). The van der Waals surface area contributed by atoms with Gasteiger partial charge in [0.2, 0.25) is 0 Å². The Labute approximate surface area is 324 Å². The molecule has 0 aromatic carbocycles. The maximum absolute atomic E-state index is 12.7. The fourth-order valence-corrected chi connectivity index (χ4v) is 5.23. The number of allylic oxidation sites excluding steroid dienone is 16. The summed E-state index contributed by atoms with van der Waals surface area (Å²) in [5.41, 5.74) is 0. The van der Waals surface area contributed by atoms with E-state index in [0.717, 1.165) is 64.2 Å². The van der Waals surface area contributed by atoms with E-state index < -0.39 is 55.4 Å². The molecule has 10 heteroatoms. The molecule has 1 saturated heterocycles. The maximum atomic E-state index is 12.7. The first-order valence-electron chi connectivity index (χ1n) is 19.9. The van der Waals surface area contributed by atoms with Gasteiger partial charge >= 0.3 is 11.9 Å². The summed E-state index contributed by atoms with van der Waals surface area (Å²) in [5.74, 6) is -0.922. The Balaban J connectivity index is 2.45. The first-order chi connectivity index (χ1) is 26.3. The number of carbonyl (C=O) groups excluding carboxylic acids is 2. The van der Waals surface area contributed by atoms with Crippen molar-refractivity contribution in [2.75, 3.05) is 19.8 Å². The molecule has 1 aliphatic rings. The Morgan fingerprint density at radius 3 is 1.81 bits per heavy atom. The van der Waals surface area contributed by atoms with Crippen LogP contribution in [0.25, 0.3) is 0 Å². The summed E-state index contributed by atoms with van der Waals surface area (Å²) < 4.78 is 22.0. The lowest BCUT2D eigenvalue weighted by Gasteiger charge is -2.39. The van der Waals surface area contributed by atoms with E-state index in [1.165, 1.54) is 0 Å². The molecule has 6 atom stereocenters. The third-order valence-corrected chi connectivity index (χ3v) is 8.34. The fourth-order valence-electron chi connectivity index (χ4n) is 5.23. The van der Waals surface area contributed by atoms with Crippen LogP contribution in [-0.4, -0.2) is 89.0 Å². The number of aliphatic hydroxyl groups is 4. The van der Waals surface area contributed by atoms with E-state index in [-0.39, 0.29) is 26.1 Å². The number of unbranched alkanes of at least 4 members (excludes halogenated alkanes) is 7. The van der Waals surface area contributed by atoms with E-state index in [1.807, 2.05) is 54.7 Å². The van der Waals surface area contributed by atoms with Crippen LogP contribution >= 0.6 is 0 Å². The lowest BCUT2D eigenvalue weighted by atomic mass is 9.99. The summed E-state index contributed by atoms with van der Waals surface area (Å²) in [5, 5.41) is 39.9. The molecule has 3 unspecified atom stereocenters. The normalized spacial score (nSPS) is 21.8. The topological polar surface area (TPSA) is 152 Å². The Morgan fingerprint density at radius 2 is 1.15 bits per heavy atom. The van der Waals surface area contributed by atoms with Gasteiger partial charge in [0.05, 0.1) is 13.2 Å². The van der Waals surface area contributed by atoms with Gasteiger partial charge in [-0.3, -0.25) is 9.59 Å². The van der Waals surface area contributed by atoms with Gasteiger partial charge in [0.25, 0.3) is 0 Å². The second-order valence-corrected chi connectivity index (χ2v) is 13.1. The Hall–Kier alpha value is -3.38. The van der Waals surface area contributed by atoms with E-state index in [2.05, 4.69) is 56.4 Å². The molecule has 0 spiro atoms. The quantitative estimate of drug-likeness (QED) is 0.0250. The van der Waals surface area contributed by atoms with Crippen molar-refractivity contribution < 1.29 is 49.0 Å². The van der Waals surface area contributed by atoms with Crippen LogP contribution in [0.5, 0.6) is 0 Å². The van der Waals surface area contributed by atoms with E-state index in [4.69, 9.17) is 18.9 Å². The highest BCUT2D eigenvalue weighted by Gasteiger charge is 2.44. The van der Waals surface area contributed by atoms with Gasteiger partial charge in [0, 0.05) is 12.8 Å². The Bertz CT molecular complexity index is 1200. The van der Waals surface area contributed by atoms with Crippen LogP contribution in [0, 0.1) is 0 Å². The molecule has 304 valence electrons. The van der Waals surface area contributed by atoms with Crippen molar-refractivity contribution in [2.45, 2.75) is 147 Å². The molecule has 0 aromatic rings. The summed E-state index contributed by atoms with van der Waals surface area (Å²) in [6.45, 7) is 3.04. The largest absolute Gasteiger partial charge is 0.462 e. The minimum Gasteiger partial charge on any atom is -0.462 e. The zero-order chi connectivity index (χ0) is 39.5. The van der Waals surface area contributed by atoms with Crippen molar-refractivity contribution in [3.05, 3.63) is 97.2 Å². The number of hydrogen-bond donors (Lipinski definition) is 4. The van der Waals surface area contributed by atoms with Crippen molar-refractivity contribution >= 4 is 11.9 Å². The maximum Gasteiger partial charge on any atom is 0.306 e. The van der Waals surface area contributed by atoms with Gasteiger partial charge < -0.3 is 39.4 Å². The average molecular weight is 757 g/mol. The highest BCUT2D eigenvalue weighted by molar-refractivity contribution is 5.70. The monoisotopic (exact) mass is 756 g/mol. The zero-order valence-electron chi connectivity index (χ0n) is 32.7. The average Bonchev–Trinajstić information content (AvgIpc) is 3.17. The molecule has 0 aromatic heterocycles. The Morgan fingerprint density at radius 1 is 0.593 bits per heavy atom. The van der Waals surface area contributed by atoms with Crippen LogP contribution in [0.2, 0.25) is 0 Å². The number of ether oxygens (including phenoxy) is 4. The predicted octanol–water partition coefficient (Wildman–Crippen LogP) is 7.60. The molecule has 0 aliphatic carbocycles. The smallest absolute Gasteiger partial charge is 0.306 e. The van der Waals surface area contributed by atoms with E-state index in [0.29, 0.717) is 19.3 Å². The zero-order valence-corrected chi connectivity index (χ0v) is 32.7. The van der Waals surface area contributed by atoms with Crippen LogP contribution in [0.1, 0.15) is 110 Å². The molecular formula is C44H68O10. The third-order valence-electron chi connectivity index (χ3n) is 8.34. The van der Waals surface area contributed by atoms with Crippen LogP contribution < -0.4 is 0 Å². The highest BCUT2D eigenvalue weighted by atomic mass is 16.7. The molecule has 0 saturated carbocycles. The lowest BCUT2D eigenvalue weighted by Crippen LogP contribution is -2.59. The lowest BCUT2D eigenvalue weighted by molar-refractivity contribution is -0.305. The highest BCUT2D eigenvalue weighted by Crippen LogP contribution is 2.22. The molecule has 54 heavy (non-hydrogen) atoms. The van der Waals surface area contributed by atoms with Crippen molar-refractivity contribution in [2.24, 2.45) is 0 Å². The van der Waals surface area contributed by atoms with E-state index in [9.17, 15) is 30.0 Å². The second kappa shape index (κ2) is 34.1. The summed E-state index contributed by atoms with van der Waals surface area (Å²) in [6.07, 6.45) is 37.1. The van der Waals surface area contributed by atoms with Gasteiger partial charge in [-0.05, 0) is 57.8 Å². The fraction of sp³-hybridized carbons (Fsp3) is 0.591. The van der Waals surface area contributed by atoms with Crippen molar-refractivity contribution in [1.82, 2.24) is 0 Å². The number of esters is 2. The van der Waals surface area contributed by atoms with Crippen LogP contribution in [-0.2, 0) is 28.5 Å². The van der Waals surface area contributed by atoms with E-state index >= 15 is 0 Å². The standard InChI is InChI=1S/C44H68O10/c1-3-5-7-9-11-13-15-17-18-19-21-22-24-26-28-30-32-39(46)51-35-37(36-52-44-43(50)42(49)41(48)38(34-45)54-44)53-40(47)33-31-29-27-25-23-20-16-14-12-10-8-6-4-2/h5-8,10-14,16-18,20,23,25,27,37-38,41-45,48-50H,3-4,9,15,19,21-22,24,26,28-36H2,1-2H3/b7-5+,8-6+,12-10+,13-11+,16-14+,18-17+,23-20+,27-25+/t37?,38-,41+,42?,43?,44-/m0/s1. The number of rotatable bonds is 30. The van der Waals surface area contributed by atoms with Crippen molar-refractivity contribution in [3.63, 3.8) is 0 Å². The molecule has 10 nitrogen and oxygen atoms in total. The first-order valence-corrected chi connectivity index (χ1v) is 19.9. The van der Waals surface area contributed by atoms with Gasteiger partial charge in [-0.25, -0.2) is 0 Å². The molecular weight excluding hydrogens is 688 g/mol. The summed E-state index contributed by atoms with van der Waals surface area (Å²) in [7, 11) is 0. The molecule has 4 N–H and O–H groups in total. The summed E-state index contributed by atoms with van der Waals surface area (Å²) in [4.78, 5) is 25.2. The minimum absolute atomic E-state index is 0.124. The van der Waals surface area contributed by atoms with Crippen LogP contribution in [0.4, 0.5) is 0 Å². The number of hydrogen-bond acceptors (Lipinski definition) is 10. The van der Waals surface area contributed by atoms with Gasteiger partial charge in [-0.1, -0.05) is 137 Å². The Kier molecular flexibility index (Phi) is 30.7. The van der Waals surface area contributed by atoms with Gasteiger partial charge in [-0.15, -0.1) is 0 Å². The van der Waals surface area contributed by atoms with Crippen LogP contribution in [0.15, 0.2) is 97.2 Å². The summed E-state index contributed by atoms with van der Waals surface area (Å²) >= 11 is 0.